The third kappa shape index (κ3) is 5.16. The topological polar surface area (TPSA) is 71.1 Å². The van der Waals surface area contributed by atoms with Crippen molar-refractivity contribution >= 4 is 11.8 Å². The maximum absolute atomic E-state index is 12.4. The Morgan fingerprint density at radius 3 is 2.11 bits per heavy atom. The van der Waals surface area contributed by atoms with Crippen molar-refractivity contribution in [2.75, 3.05) is 14.2 Å². The number of carbonyl (C=O) groups is 2. The first-order valence-electron chi connectivity index (χ1n) is 7.87. The van der Waals surface area contributed by atoms with Crippen molar-refractivity contribution < 1.29 is 37.3 Å². The number of methoxy groups -OCH3 is 2. The van der Waals surface area contributed by atoms with Gasteiger partial charge in [0.15, 0.2) is 6.10 Å². The minimum absolute atomic E-state index is 0.0748. The zero-order valence-corrected chi connectivity index (χ0v) is 14.9. The van der Waals surface area contributed by atoms with Crippen LogP contribution in [0.15, 0.2) is 42.5 Å². The summed E-state index contributed by atoms with van der Waals surface area (Å²) in [7, 11) is 2.87. The molecule has 0 fully saturated rings. The van der Waals surface area contributed by atoms with Crippen molar-refractivity contribution in [3.8, 4) is 17.2 Å². The number of hydrogen-bond acceptors (Lipinski definition) is 6. The van der Waals surface area contributed by atoms with Gasteiger partial charge in [0.05, 0.1) is 14.2 Å². The van der Waals surface area contributed by atoms with Gasteiger partial charge in [-0.25, -0.2) is 4.79 Å². The number of esters is 1. The van der Waals surface area contributed by atoms with E-state index in [-0.39, 0.29) is 22.6 Å². The van der Waals surface area contributed by atoms with Crippen LogP contribution in [0.5, 0.6) is 17.2 Å². The molecule has 144 valence electrons. The Balaban J connectivity index is 2.08. The number of halogens is 2. The molecule has 0 amide bonds. The lowest BCUT2D eigenvalue weighted by atomic mass is 10.1. The SMILES string of the molecule is COc1ccc(C(=O)O[C@H](C)C(=O)c2ccc(OC(F)F)cc2)c(OC)c1. The highest BCUT2D eigenvalue weighted by Crippen LogP contribution is 2.26. The lowest BCUT2D eigenvalue weighted by Crippen LogP contribution is -2.24. The quantitative estimate of drug-likeness (QED) is 0.513. The molecule has 0 saturated carbocycles. The highest BCUT2D eigenvalue weighted by molar-refractivity contribution is 6.02. The summed E-state index contributed by atoms with van der Waals surface area (Å²) < 4.78 is 43.9. The standard InChI is InChI=1S/C19H18F2O6/c1-11(17(22)12-4-6-13(7-5-12)27-19(20)21)26-18(23)15-9-8-14(24-2)10-16(15)25-3/h4-11,19H,1-3H3/t11-/m1/s1. The molecule has 8 heteroatoms. The van der Waals surface area contributed by atoms with E-state index in [1.165, 1.54) is 57.5 Å². The molecule has 0 unspecified atom stereocenters. The monoisotopic (exact) mass is 380 g/mol. The van der Waals surface area contributed by atoms with Crippen LogP contribution in [0.4, 0.5) is 8.78 Å². The van der Waals surface area contributed by atoms with Crippen LogP contribution >= 0.6 is 0 Å². The molecular weight excluding hydrogens is 362 g/mol. The van der Waals surface area contributed by atoms with Crippen molar-refractivity contribution in [3.63, 3.8) is 0 Å². The molecule has 0 radical (unpaired) electrons. The number of carbonyl (C=O) groups excluding carboxylic acids is 2. The van der Waals surface area contributed by atoms with Crippen molar-refractivity contribution in [1.82, 2.24) is 0 Å². The molecule has 2 aromatic carbocycles. The van der Waals surface area contributed by atoms with Gasteiger partial charge in [-0.15, -0.1) is 0 Å². The molecular formula is C19H18F2O6. The van der Waals surface area contributed by atoms with Crippen LogP contribution in [0.1, 0.15) is 27.6 Å². The molecule has 0 aliphatic rings. The van der Waals surface area contributed by atoms with E-state index in [2.05, 4.69) is 4.74 Å². The van der Waals surface area contributed by atoms with Gasteiger partial charge in [0.1, 0.15) is 22.8 Å². The number of hydrogen-bond donors (Lipinski definition) is 0. The molecule has 0 spiro atoms. The molecule has 0 aromatic heterocycles. The Bertz CT molecular complexity index is 804. The van der Waals surface area contributed by atoms with E-state index in [1.54, 1.807) is 6.07 Å². The Kier molecular flexibility index (Phi) is 6.70. The molecule has 27 heavy (non-hydrogen) atoms. The second-order valence-corrected chi connectivity index (χ2v) is 5.38. The van der Waals surface area contributed by atoms with Gasteiger partial charge in [0, 0.05) is 11.6 Å². The zero-order valence-electron chi connectivity index (χ0n) is 14.9. The summed E-state index contributed by atoms with van der Waals surface area (Å²) in [6.45, 7) is -1.54. The van der Waals surface area contributed by atoms with E-state index < -0.39 is 24.5 Å². The summed E-state index contributed by atoms with van der Waals surface area (Å²) >= 11 is 0. The van der Waals surface area contributed by atoms with Crippen LogP contribution in [0, 0.1) is 0 Å². The van der Waals surface area contributed by atoms with Crippen molar-refractivity contribution in [3.05, 3.63) is 53.6 Å². The van der Waals surface area contributed by atoms with Crippen LogP contribution in [0.3, 0.4) is 0 Å². The molecule has 1 atom stereocenters. The normalized spacial score (nSPS) is 11.6. The summed E-state index contributed by atoms with van der Waals surface area (Å²) in [6, 6.07) is 9.66. The van der Waals surface area contributed by atoms with Gasteiger partial charge in [-0.1, -0.05) is 0 Å². The van der Waals surface area contributed by atoms with Gasteiger partial charge >= 0.3 is 12.6 Å². The van der Waals surface area contributed by atoms with Gasteiger partial charge in [-0.05, 0) is 43.3 Å². The Morgan fingerprint density at radius 2 is 1.56 bits per heavy atom. The number of benzene rings is 2. The lowest BCUT2D eigenvalue weighted by molar-refractivity contribution is -0.0498. The molecule has 0 saturated heterocycles. The van der Waals surface area contributed by atoms with E-state index in [9.17, 15) is 18.4 Å². The van der Waals surface area contributed by atoms with Gasteiger partial charge in [-0.3, -0.25) is 4.79 Å². The smallest absolute Gasteiger partial charge is 0.387 e. The summed E-state index contributed by atoms with van der Waals surface area (Å²) in [5.41, 5.74) is 0.331. The van der Waals surface area contributed by atoms with E-state index in [4.69, 9.17) is 14.2 Å². The average molecular weight is 380 g/mol. The fourth-order valence-electron chi connectivity index (χ4n) is 2.28. The van der Waals surface area contributed by atoms with Crippen molar-refractivity contribution in [2.24, 2.45) is 0 Å². The minimum atomic E-state index is -2.95. The van der Waals surface area contributed by atoms with Crippen LogP contribution in [0.25, 0.3) is 0 Å². The van der Waals surface area contributed by atoms with Crippen LogP contribution < -0.4 is 14.2 Å². The number of alkyl halides is 2. The molecule has 0 N–H and O–H groups in total. The Morgan fingerprint density at radius 1 is 0.926 bits per heavy atom. The van der Waals surface area contributed by atoms with E-state index in [1.807, 2.05) is 0 Å². The first-order chi connectivity index (χ1) is 12.8. The Labute approximate surface area is 154 Å². The van der Waals surface area contributed by atoms with Gasteiger partial charge in [-0.2, -0.15) is 8.78 Å². The molecule has 6 nitrogen and oxygen atoms in total. The third-order valence-corrected chi connectivity index (χ3v) is 3.65. The van der Waals surface area contributed by atoms with Crippen molar-refractivity contribution in [1.29, 1.82) is 0 Å². The second kappa shape index (κ2) is 8.98. The summed E-state index contributed by atoms with van der Waals surface area (Å²) in [5.74, 6) is -0.562. The maximum atomic E-state index is 12.4. The average Bonchev–Trinajstić information content (AvgIpc) is 2.66. The second-order valence-electron chi connectivity index (χ2n) is 5.38. The Hall–Kier alpha value is -3.16. The molecule has 0 heterocycles. The van der Waals surface area contributed by atoms with Gasteiger partial charge < -0.3 is 18.9 Å². The van der Waals surface area contributed by atoms with Crippen LogP contribution in [-0.2, 0) is 4.74 Å². The lowest BCUT2D eigenvalue weighted by Gasteiger charge is -2.15. The number of ether oxygens (including phenoxy) is 4. The number of ketones is 1. The van der Waals surface area contributed by atoms with Crippen LogP contribution in [-0.4, -0.2) is 38.7 Å². The molecule has 0 aliphatic heterocycles. The fourth-order valence-corrected chi connectivity index (χ4v) is 2.28. The van der Waals surface area contributed by atoms with Gasteiger partial charge in [0.2, 0.25) is 5.78 Å². The highest BCUT2D eigenvalue weighted by atomic mass is 19.3. The summed E-state index contributed by atoms with van der Waals surface area (Å²) in [4.78, 5) is 24.7. The minimum Gasteiger partial charge on any atom is -0.497 e. The summed E-state index contributed by atoms with van der Waals surface area (Å²) in [5, 5.41) is 0. The predicted molar refractivity (Wildman–Crippen MR) is 91.8 cm³/mol. The van der Waals surface area contributed by atoms with Crippen molar-refractivity contribution in [2.45, 2.75) is 19.6 Å². The molecule has 2 rings (SSSR count). The van der Waals surface area contributed by atoms with E-state index in [0.717, 1.165) is 0 Å². The largest absolute Gasteiger partial charge is 0.497 e. The number of rotatable bonds is 8. The summed E-state index contributed by atoms with van der Waals surface area (Å²) in [6.07, 6.45) is -1.09. The third-order valence-electron chi connectivity index (χ3n) is 3.65. The van der Waals surface area contributed by atoms with Gasteiger partial charge in [0.25, 0.3) is 0 Å². The number of Topliss-reactive ketones (excluding diaryl/α,β-unsaturated/α-hetero) is 1. The first kappa shape index (κ1) is 20.2. The fraction of sp³-hybridized carbons (Fsp3) is 0.263. The first-order valence-corrected chi connectivity index (χ1v) is 7.87. The van der Waals surface area contributed by atoms with E-state index >= 15 is 0 Å². The predicted octanol–water partition coefficient (Wildman–Crippen LogP) is 3.73. The van der Waals surface area contributed by atoms with Crippen LogP contribution in [0.2, 0.25) is 0 Å². The zero-order chi connectivity index (χ0) is 20.0. The van der Waals surface area contributed by atoms with E-state index in [0.29, 0.717) is 5.75 Å². The highest BCUT2D eigenvalue weighted by Gasteiger charge is 2.23. The molecule has 0 aliphatic carbocycles. The molecule has 0 bridgehead atoms. The molecule has 2 aromatic rings. The maximum Gasteiger partial charge on any atom is 0.387 e.